The number of nitrogens with zero attached hydrogens (tertiary/aromatic N) is 2. The number of aryl methyl sites for hydroxylation is 1. The summed E-state index contributed by atoms with van der Waals surface area (Å²) >= 11 is 3.56. The van der Waals surface area contributed by atoms with Gasteiger partial charge in [0.25, 0.3) is 0 Å². The van der Waals surface area contributed by atoms with Gasteiger partial charge in [-0.25, -0.2) is 0 Å². The fraction of sp³-hybridized carbons (Fsp3) is 0.125. The second-order valence-electron chi connectivity index (χ2n) is 2.80. The molecule has 1 aromatic carbocycles. The molecule has 0 N–H and O–H groups in total. The Morgan fingerprint density at radius 1 is 1.53 bits per heavy atom. The number of benzene rings is 1. The monoisotopic (exact) mass is 236 g/mol. The summed E-state index contributed by atoms with van der Waals surface area (Å²) in [4.78, 5) is 0. The Kier molecular flexibility index (Phi) is 3.98. The summed E-state index contributed by atoms with van der Waals surface area (Å²) < 4.78 is 23.2. The van der Waals surface area contributed by atoms with Crippen molar-refractivity contribution < 1.29 is 27.6 Å². The predicted octanol–water partition coefficient (Wildman–Crippen LogP) is -1.53. The molecule has 4 nitrogen and oxygen atoms in total. The van der Waals surface area contributed by atoms with E-state index in [0.29, 0.717) is 15.9 Å². The van der Waals surface area contributed by atoms with Crippen LogP contribution >= 0.6 is 11.6 Å². The minimum atomic E-state index is -2.33. The van der Waals surface area contributed by atoms with Gasteiger partial charge in [-0.1, -0.05) is 17.7 Å². The zero-order chi connectivity index (χ0) is 10.3. The van der Waals surface area contributed by atoms with Crippen molar-refractivity contribution >= 4 is 33.6 Å². The van der Waals surface area contributed by atoms with Crippen molar-refractivity contribution in [3.05, 3.63) is 23.2 Å². The van der Waals surface area contributed by atoms with Crippen LogP contribution in [0.4, 0.5) is 0 Å². The first-order chi connectivity index (χ1) is 6.61. The Morgan fingerprint density at radius 2 is 2.20 bits per heavy atom. The molecule has 0 aliphatic rings. The topological polar surface area (TPSA) is 58.0 Å². The molecule has 15 heavy (non-hydrogen) atoms. The van der Waals surface area contributed by atoms with Crippen LogP contribution in [-0.4, -0.2) is 18.5 Å². The van der Waals surface area contributed by atoms with Crippen LogP contribution in [0, 0.1) is 0 Å². The number of fused-ring (bicyclic) bond motifs is 1. The molecule has 0 aliphatic heterocycles. The van der Waals surface area contributed by atoms with Gasteiger partial charge in [-0.15, -0.1) is 0 Å². The fourth-order valence-corrected chi connectivity index (χ4v) is 2.32. The number of hydrogen-bond acceptors (Lipinski definition) is 3. The van der Waals surface area contributed by atoms with Gasteiger partial charge in [0.1, 0.15) is 5.03 Å². The van der Waals surface area contributed by atoms with Gasteiger partial charge >= 0.3 is 18.9 Å². The molecule has 0 radical (unpaired) electrons. The Balaban J connectivity index is 0.00000112. The normalized spacial score (nSPS) is 12.5. The SMILES string of the molecule is Cn1nc2cccc(Cl)c2c1S(=O)[O-].[Li+]. The third-order valence-electron chi connectivity index (χ3n) is 1.92. The standard InChI is InChI=1S/C8H7ClN2O2S.Li/c1-11-8(14(12)13)7-5(9)3-2-4-6(7)10-11;/h2-4H,1H3,(H,12,13);/q;+1/p-1. The molecule has 7 heteroatoms. The third kappa shape index (κ3) is 2.12. The van der Waals surface area contributed by atoms with Crippen LogP contribution in [0.5, 0.6) is 0 Å². The molecule has 0 saturated carbocycles. The fourth-order valence-electron chi connectivity index (χ4n) is 1.37. The van der Waals surface area contributed by atoms with E-state index in [4.69, 9.17) is 11.6 Å². The van der Waals surface area contributed by atoms with E-state index in [1.807, 2.05) is 0 Å². The average molecular weight is 237 g/mol. The zero-order valence-electron chi connectivity index (χ0n) is 8.23. The Labute approximate surface area is 106 Å². The van der Waals surface area contributed by atoms with Crippen molar-refractivity contribution in [3.8, 4) is 0 Å². The van der Waals surface area contributed by atoms with E-state index >= 15 is 0 Å². The van der Waals surface area contributed by atoms with E-state index in [9.17, 15) is 8.76 Å². The smallest absolute Gasteiger partial charge is 0.767 e. The van der Waals surface area contributed by atoms with Gasteiger partial charge in [0.2, 0.25) is 0 Å². The van der Waals surface area contributed by atoms with Crippen molar-refractivity contribution in [2.24, 2.45) is 7.05 Å². The summed E-state index contributed by atoms with van der Waals surface area (Å²) in [6, 6.07) is 5.09. The first kappa shape index (κ1) is 12.8. The van der Waals surface area contributed by atoms with Crippen molar-refractivity contribution in [2.45, 2.75) is 5.03 Å². The van der Waals surface area contributed by atoms with Gasteiger partial charge in [-0.3, -0.25) is 8.89 Å². The van der Waals surface area contributed by atoms with Crippen LogP contribution < -0.4 is 18.9 Å². The van der Waals surface area contributed by atoms with Gasteiger partial charge in [0.05, 0.1) is 15.9 Å². The summed E-state index contributed by atoms with van der Waals surface area (Å²) in [5, 5.41) is 5.03. The molecule has 0 fully saturated rings. The zero-order valence-corrected chi connectivity index (χ0v) is 9.80. The summed E-state index contributed by atoms with van der Waals surface area (Å²) in [6.45, 7) is 0. The average Bonchev–Trinajstić information content (AvgIpc) is 2.42. The second-order valence-corrected chi connectivity index (χ2v) is 4.06. The first-order valence-electron chi connectivity index (χ1n) is 3.81. The molecule has 0 saturated heterocycles. The first-order valence-corrected chi connectivity index (χ1v) is 5.27. The summed E-state index contributed by atoms with van der Waals surface area (Å²) in [6.07, 6.45) is 0. The molecule has 0 bridgehead atoms. The van der Waals surface area contributed by atoms with Crippen molar-refractivity contribution in [2.75, 3.05) is 0 Å². The summed E-state index contributed by atoms with van der Waals surface area (Å²) in [7, 11) is 1.57. The van der Waals surface area contributed by atoms with E-state index < -0.39 is 11.1 Å². The maximum Gasteiger partial charge on any atom is 1.00 e. The van der Waals surface area contributed by atoms with Crippen molar-refractivity contribution in [1.82, 2.24) is 9.78 Å². The second kappa shape index (κ2) is 4.68. The van der Waals surface area contributed by atoms with E-state index in [1.165, 1.54) is 4.68 Å². The Morgan fingerprint density at radius 3 is 2.80 bits per heavy atom. The molecule has 0 aliphatic carbocycles. The van der Waals surface area contributed by atoms with Crippen LogP contribution in [0.1, 0.15) is 0 Å². The van der Waals surface area contributed by atoms with Gasteiger partial charge in [0.15, 0.2) is 0 Å². The number of aromatic nitrogens is 2. The summed E-state index contributed by atoms with van der Waals surface area (Å²) in [5.41, 5.74) is 0.583. The maximum atomic E-state index is 10.9. The number of halogens is 1. The molecule has 2 aromatic rings. The van der Waals surface area contributed by atoms with Gasteiger partial charge in [-0.2, -0.15) is 5.10 Å². The molecular formula is C8H6ClLiN2O2S. The van der Waals surface area contributed by atoms with Crippen LogP contribution in [0.3, 0.4) is 0 Å². The largest absolute Gasteiger partial charge is 1.00 e. The number of rotatable bonds is 1. The van der Waals surface area contributed by atoms with Gasteiger partial charge in [-0.05, 0) is 23.2 Å². The van der Waals surface area contributed by atoms with Crippen molar-refractivity contribution in [1.29, 1.82) is 0 Å². The van der Waals surface area contributed by atoms with Crippen LogP contribution in [0.2, 0.25) is 5.02 Å². The summed E-state index contributed by atoms with van der Waals surface area (Å²) in [5.74, 6) is 0. The van der Waals surface area contributed by atoms with E-state index in [0.717, 1.165) is 0 Å². The van der Waals surface area contributed by atoms with E-state index in [-0.39, 0.29) is 23.9 Å². The van der Waals surface area contributed by atoms with Crippen LogP contribution in [0.25, 0.3) is 10.9 Å². The van der Waals surface area contributed by atoms with Gasteiger partial charge in [0, 0.05) is 7.05 Å². The quantitative estimate of drug-likeness (QED) is 0.446. The minimum absolute atomic E-state index is 0. The molecule has 0 amide bonds. The molecule has 0 spiro atoms. The predicted molar refractivity (Wildman–Crippen MR) is 52.9 cm³/mol. The van der Waals surface area contributed by atoms with E-state index in [2.05, 4.69) is 5.10 Å². The molecule has 1 heterocycles. The van der Waals surface area contributed by atoms with E-state index in [1.54, 1.807) is 25.2 Å². The molecular weight excluding hydrogens is 231 g/mol. The number of hydrogen-bond donors (Lipinski definition) is 0. The molecule has 2 rings (SSSR count). The third-order valence-corrected chi connectivity index (χ3v) is 3.01. The minimum Gasteiger partial charge on any atom is -0.767 e. The molecule has 1 atom stereocenters. The van der Waals surface area contributed by atoms with Crippen molar-refractivity contribution in [3.63, 3.8) is 0 Å². The van der Waals surface area contributed by atoms with Gasteiger partial charge < -0.3 is 4.55 Å². The molecule has 74 valence electrons. The van der Waals surface area contributed by atoms with Crippen LogP contribution in [0.15, 0.2) is 23.2 Å². The van der Waals surface area contributed by atoms with Crippen LogP contribution in [-0.2, 0) is 18.1 Å². The Hall–Kier alpha value is -0.313. The molecule has 1 unspecified atom stereocenters. The molecule has 1 aromatic heterocycles. The maximum absolute atomic E-state index is 10.9. The Bertz CT molecular complexity index is 529.